The molecule has 0 spiro atoms. The Balaban J connectivity index is 2.34. The fourth-order valence-corrected chi connectivity index (χ4v) is 1.30. The van der Waals surface area contributed by atoms with E-state index in [-0.39, 0.29) is 18.2 Å². The third kappa shape index (κ3) is 5.42. The molecule has 4 nitrogen and oxygen atoms in total. The topological polar surface area (TPSA) is 47.6 Å². The van der Waals surface area contributed by atoms with Crippen molar-refractivity contribution in [3.63, 3.8) is 0 Å². The number of carbonyl (C=O) groups is 1. The van der Waals surface area contributed by atoms with Gasteiger partial charge in [0.15, 0.2) is 0 Å². The standard InChI is InChI=1S/C11H19NO3/c1-9(2)12-11(13)15-10-5-3-4-7-14-8-6-10/h3,5,9-10H,4,6-8H2,1-2H3,(H,12,13)/b5-3+. The minimum atomic E-state index is -0.361. The average Bonchev–Trinajstić information content (AvgIpc) is 2.08. The van der Waals surface area contributed by atoms with Gasteiger partial charge in [0, 0.05) is 12.5 Å². The van der Waals surface area contributed by atoms with Crippen LogP contribution >= 0.6 is 0 Å². The van der Waals surface area contributed by atoms with Crippen LogP contribution in [0.2, 0.25) is 0 Å². The van der Waals surface area contributed by atoms with E-state index < -0.39 is 0 Å². The summed E-state index contributed by atoms with van der Waals surface area (Å²) < 4.78 is 10.5. The molecule has 1 heterocycles. The zero-order valence-corrected chi connectivity index (χ0v) is 9.36. The lowest BCUT2D eigenvalue weighted by Crippen LogP contribution is -2.33. The summed E-state index contributed by atoms with van der Waals surface area (Å²) >= 11 is 0. The lowest BCUT2D eigenvalue weighted by atomic mass is 10.2. The monoisotopic (exact) mass is 213 g/mol. The summed E-state index contributed by atoms with van der Waals surface area (Å²) in [4.78, 5) is 11.3. The zero-order valence-electron chi connectivity index (χ0n) is 9.36. The van der Waals surface area contributed by atoms with Crippen molar-refractivity contribution in [3.8, 4) is 0 Å². The predicted molar refractivity (Wildman–Crippen MR) is 57.7 cm³/mol. The summed E-state index contributed by atoms with van der Waals surface area (Å²) in [5, 5.41) is 2.69. The fraction of sp³-hybridized carbons (Fsp3) is 0.727. The van der Waals surface area contributed by atoms with Crippen molar-refractivity contribution < 1.29 is 14.3 Å². The summed E-state index contributed by atoms with van der Waals surface area (Å²) in [5.41, 5.74) is 0. The van der Waals surface area contributed by atoms with Gasteiger partial charge in [-0.05, 0) is 26.3 Å². The third-order valence-electron chi connectivity index (χ3n) is 1.99. The van der Waals surface area contributed by atoms with E-state index in [9.17, 15) is 4.79 Å². The van der Waals surface area contributed by atoms with E-state index in [1.807, 2.05) is 26.0 Å². The molecule has 0 radical (unpaired) electrons. The van der Waals surface area contributed by atoms with Crippen molar-refractivity contribution in [2.24, 2.45) is 0 Å². The van der Waals surface area contributed by atoms with Gasteiger partial charge in [-0.1, -0.05) is 6.08 Å². The van der Waals surface area contributed by atoms with Crippen LogP contribution in [0.5, 0.6) is 0 Å². The van der Waals surface area contributed by atoms with Crippen molar-refractivity contribution >= 4 is 6.09 Å². The SMILES string of the molecule is CC(C)NC(=O)OC1/C=C/CCOCC1. The average molecular weight is 213 g/mol. The highest BCUT2D eigenvalue weighted by atomic mass is 16.6. The van der Waals surface area contributed by atoms with Gasteiger partial charge >= 0.3 is 6.09 Å². The van der Waals surface area contributed by atoms with Gasteiger partial charge in [-0.2, -0.15) is 0 Å². The molecule has 0 aromatic carbocycles. The third-order valence-corrected chi connectivity index (χ3v) is 1.99. The molecule has 1 N–H and O–H groups in total. The second-order valence-corrected chi connectivity index (χ2v) is 3.86. The van der Waals surface area contributed by atoms with Crippen molar-refractivity contribution in [2.45, 2.75) is 38.8 Å². The van der Waals surface area contributed by atoms with Crippen LogP contribution in [-0.2, 0) is 9.47 Å². The summed E-state index contributed by atoms with van der Waals surface area (Å²) in [6.45, 7) is 5.20. The lowest BCUT2D eigenvalue weighted by molar-refractivity contribution is 0.0735. The maximum atomic E-state index is 11.3. The van der Waals surface area contributed by atoms with Gasteiger partial charge in [0.05, 0.1) is 13.2 Å². The first-order valence-electron chi connectivity index (χ1n) is 5.40. The summed E-state index contributed by atoms with van der Waals surface area (Å²) in [7, 11) is 0. The molecule has 0 saturated carbocycles. The molecule has 86 valence electrons. The Morgan fingerprint density at radius 1 is 1.53 bits per heavy atom. The maximum Gasteiger partial charge on any atom is 0.407 e. The van der Waals surface area contributed by atoms with Gasteiger partial charge < -0.3 is 14.8 Å². The first-order valence-corrected chi connectivity index (χ1v) is 5.40. The number of alkyl carbamates (subject to hydrolysis) is 1. The fourth-order valence-electron chi connectivity index (χ4n) is 1.30. The summed E-state index contributed by atoms with van der Waals surface area (Å²) in [6.07, 6.45) is 5.01. The Kier molecular flexibility index (Phi) is 5.18. The van der Waals surface area contributed by atoms with Crippen LogP contribution in [0.3, 0.4) is 0 Å². The number of amides is 1. The van der Waals surface area contributed by atoms with Crippen molar-refractivity contribution in [3.05, 3.63) is 12.2 Å². The number of carbonyl (C=O) groups excluding carboxylic acids is 1. The van der Waals surface area contributed by atoms with E-state index >= 15 is 0 Å². The van der Waals surface area contributed by atoms with Gasteiger partial charge in [0.1, 0.15) is 6.10 Å². The minimum absolute atomic E-state index is 0.103. The second-order valence-electron chi connectivity index (χ2n) is 3.86. The van der Waals surface area contributed by atoms with Gasteiger partial charge in [0.25, 0.3) is 0 Å². The van der Waals surface area contributed by atoms with Crippen molar-refractivity contribution in [2.75, 3.05) is 13.2 Å². The van der Waals surface area contributed by atoms with E-state index in [0.29, 0.717) is 6.61 Å². The van der Waals surface area contributed by atoms with E-state index in [0.717, 1.165) is 19.4 Å². The van der Waals surface area contributed by atoms with Crippen LogP contribution in [0.25, 0.3) is 0 Å². The first kappa shape index (κ1) is 12.0. The number of hydrogen-bond acceptors (Lipinski definition) is 3. The van der Waals surface area contributed by atoms with Crippen LogP contribution < -0.4 is 5.32 Å². The van der Waals surface area contributed by atoms with E-state index in [2.05, 4.69) is 5.32 Å². The molecule has 1 aliphatic rings. The van der Waals surface area contributed by atoms with Crippen LogP contribution in [-0.4, -0.2) is 31.5 Å². The highest BCUT2D eigenvalue weighted by Gasteiger charge is 2.12. The molecule has 1 atom stereocenters. The number of rotatable bonds is 2. The minimum Gasteiger partial charge on any atom is -0.442 e. The normalized spacial score (nSPS) is 24.1. The van der Waals surface area contributed by atoms with E-state index in [4.69, 9.17) is 9.47 Å². The second kappa shape index (κ2) is 6.45. The number of nitrogens with one attached hydrogen (secondary N) is 1. The van der Waals surface area contributed by atoms with Crippen LogP contribution in [0.4, 0.5) is 4.79 Å². The molecule has 0 aliphatic carbocycles. The predicted octanol–water partition coefficient (Wildman–Crippen LogP) is 1.86. The molecule has 0 bridgehead atoms. The Morgan fingerprint density at radius 3 is 3.07 bits per heavy atom. The molecule has 0 aromatic rings. The summed E-state index contributed by atoms with van der Waals surface area (Å²) in [5.74, 6) is 0. The van der Waals surface area contributed by atoms with Gasteiger partial charge in [-0.15, -0.1) is 0 Å². The Labute approximate surface area is 90.6 Å². The molecule has 1 aliphatic heterocycles. The molecule has 4 heteroatoms. The molecule has 0 fully saturated rings. The first-order chi connectivity index (χ1) is 7.18. The van der Waals surface area contributed by atoms with Crippen molar-refractivity contribution in [1.29, 1.82) is 0 Å². The smallest absolute Gasteiger partial charge is 0.407 e. The molecule has 1 amide bonds. The zero-order chi connectivity index (χ0) is 11.1. The summed E-state index contributed by atoms with van der Waals surface area (Å²) in [6, 6.07) is 0.103. The Morgan fingerprint density at radius 2 is 2.33 bits per heavy atom. The van der Waals surface area contributed by atoms with E-state index in [1.54, 1.807) is 0 Å². The van der Waals surface area contributed by atoms with Crippen LogP contribution in [0, 0.1) is 0 Å². The number of hydrogen-bond donors (Lipinski definition) is 1. The quantitative estimate of drug-likeness (QED) is 0.712. The van der Waals surface area contributed by atoms with Crippen LogP contribution in [0.1, 0.15) is 26.7 Å². The van der Waals surface area contributed by atoms with Crippen LogP contribution in [0.15, 0.2) is 12.2 Å². The van der Waals surface area contributed by atoms with E-state index in [1.165, 1.54) is 0 Å². The van der Waals surface area contributed by atoms with Crippen molar-refractivity contribution in [1.82, 2.24) is 5.32 Å². The molecule has 15 heavy (non-hydrogen) atoms. The largest absolute Gasteiger partial charge is 0.442 e. The molecular formula is C11H19NO3. The molecule has 1 rings (SSSR count). The Hall–Kier alpha value is -1.03. The lowest BCUT2D eigenvalue weighted by Gasteiger charge is -2.17. The Bertz CT molecular complexity index is 226. The highest BCUT2D eigenvalue weighted by molar-refractivity contribution is 5.67. The molecule has 1 unspecified atom stereocenters. The van der Waals surface area contributed by atoms with Gasteiger partial charge in [-0.3, -0.25) is 0 Å². The van der Waals surface area contributed by atoms with Gasteiger partial charge in [0.2, 0.25) is 0 Å². The number of ether oxygens (including phenoxy) is 2. The maximum absolute atomic E-state index is 11.3. The van der Waals surface area contributed by atoms with Gasteiger partial charge in [-0.25, -0.2) is 4.79 Å². The highest BCUT2D eigenvalue weighted by Crippen LogP contribution is 2.06. The molecule has 0 saturated heterocycles. The molecular weight excluding hydrogens is 194 g/mol. The molecule has 0 aromatic heterocycles.